The Hall–Kier alpha value is -2.61. The van der Waals surface area contributed by atoms with Crippen molar-refractivity contribution in [1.29, 1.82) is 0 Å². The maximum absolute atomic E-state index is 13.8. The Morgan fingerprint density at radius 1 is 1.16 bits per heavy atom. The highest BCUT2D eigenvalue weighted by atomic mass is 16.6. The van der Waals surface area contributed by atoms with Gasteiger partial charge >= 0.3 is 12.1 Å². The van der Waals surface area contributed by atoms with Gasteiger partial charge in [0.2, 0.25) is 0 Å². The Bertz CT molecular complexity index is 828. The van der Waals surface area contributed by atoms with Gasteiger partial charge in [-0.3, -0.25) is 14.5 Å². The van der Waals surface area contributed by atoms with E-state index in [2.05, 4.69) is 0 Å². The number of methoxy groups -OCH3 is 1. The minimum atomic E-state index is -1.26. The van der Waals surface area contributed by atoms with E-state index in [-0.39, 0.29) is 25.7 Å². The molecule has 0 aromatic heterocycles. The molecule has 3 rings (SSSR count). The van der Waals surface area contributed by atoms with Gasteiger partial charge in [-0.05, 0) is 31.9 Å². The molecule has 2 amide bonds. The van der Waals surface area contributed by atoms with Crippen LogP contribution in [0.15, 0.2) is 24.3 Å². The first kappa shape index (κ1) is 23.1. The monoisotopic (exact) mass is 432 g/mol. The molecule has 8 nitrogen and oxygen atoms in total. The number of amides is 2. The van der Waals surface area contributed by atoms with E-state index in [1.54, 1.807) is 25.9 Å². The molecule has 0 aliphatic carbocycles. The number of hydrogen-bond donors (Lipinski definition) is 0. The number of carbonyl (C=O) groups excluding carboxylic acids is 3. The lowest BCUT2D eigenvalue weighted by Gasteiger charge is -2.46. The van der Waals surface area contributed by atoms with Gasteiger partial charge in [-0.1, -0.05) is 31.5 Å². The number of likely N-dealkylation sites (tertiary alicyclic amines) is 1. The van der Waals surface area contributed by atoms with Gasteiger partial charge in [-0.2, -0.15) is 0 Å². The highest BCUT2D eigenvalue weighted by Gasteiger charge is 2.64. The van der Waals surface area contributed by atoms with Crippen molar-refractivity contribution in [3.63, 3.8) is 0 Å². The normalized spacial score (nSPS) is 24.6. The van der Waals surface area contributed by atoms with Crippen LogP contribution in [0, 0.1) is 5.92 Å². The molecule has 2 aliphatic rings. The molecule has 0 N–H and O–H groups in total. The van der Waals surface area contributed by atoms with Crippen molar-refractivity contribution < 1.29 is 28.6 Å². The molecule has 0 bridgehead atoms. The third kappa shape index (κ3) is 4.01. The second-order valence-electron chi connectivity index (χ2n) is 8.07. The van der Waals surface area contributed by atoms with Crippen LogP contribution >= 0.6 is 0 Å². The number of rotatable bonds is 8. The summed E-state index contributed by atoms with van der Waals surface area (Å²) < 4.78 is 16.0. The van der Waals surface area contributed by atoms with Crippen LogP contribution in [-0.2, 0) is 23.8 Å². The molecule has 0 radical (unpaired) electrons. The van der Waals surface area contributed by atoms with E-state index in [1.165, 1.54) is 4.90 Å². The number of anilines is 1. The first-order chi connectivity index (χ1) is 14.9. The predicted octanol–water partition coefficient (Wildman–Crippen LogP) is 2.95. The van der Waals surface area contributed by atoms with Crippen LogP contribution in [0.25, 0.3) is 0 Å². The second-order valence-corrected chi connectivity index (χ2v) is 8.07. The smallest absolute Gasteiger partial charge is 0.410 e. The van der Waals surface area contributed by atoms with Crippen LogP contribution < -0.4 is 4.90 Å². The minimum Gasteiger partial charge on any atom is -0.466 e. The van der Waals surface area contributed by atoms with Gasteiger partial charge in [0.15, 0.2) is 0 Å². The van der Waals surface area contributed by atoms with Crippen LogP contribution in [0.4, 0.5) is 10.5 Å². The van der Waals surface area contributed by atoms with Crippen molar-refractivity contribution in [2.45, 2.75) is 45.1 Å². The van der Waals surface area contributed by atoms with Gasteiger partial charge in [0, 0.05) is 31.8 Å². The fraction of sp³-hybridized carbons (Fsp3) is 0.609. The number of esters is 1. The van der Waals surface area contributed by atoms with Crippen molar-refractivity contribution in [1.82, 2.24) is 4.90 Å². The molecule has 1 saturated heterocycles. The summed E-state index contributed by atoms with van der Waals surface area (Å²) in [6, 6.07) is 7.53. The second kappa shape index (κ2) is 9.68. The molecule has 1 aromatic rings. The van der Waals surface area contributed by atoms with Crippen LogP contribution in [0.1, 0.15) is 45.1 Å². The van der Waals surface area contributed by atoms with Crippen molar-refractivity contribution >= 4 is 23.7 Å². The number of ether oxygens (including phenoxy) is 3. The summed E-state index contributed by atoms with van der Waals surface area (Å²) in [7, 11) is 1.58. The van der Waals surface area contributed by atoms with Gasteiger partial charge in [0.25, 0.3) is 5.91 Å². The summed E-state index contributed by atoms with van der Waals surface area (Å²) in [4.78, 5) is 42.8. The summed E-state index contributed by atoms with van der Waals surface area (Å²) in [6.07, 6.45) is 1.04. The van der Waals surface area contributed by atoms with Gasteiger partial charge in [-0.15, -0.1) is 0 Å². The Balaban J connectivity index is 2.08. The first-order valence-electron chi connectivity index (χ1n) is 10.9. The highest BCUT2D eigenvalue weighted by molar-refractivity contribution is 6.07. The fourth-order valence-corrected chi connectivity index (χ4v) is 4.71. The summed E-state index contributed by atoms with van der Waals surface area (Å²) in [6.45, 7) is 6.76. The fourth-order valence-electron chi connectivity index (χ4n) is 4.71. The van der Waals surface area contributed by atoms with E-state index < -0.39 is 29.4 Å². The molecule has 1 aromatic carbocycles. The number of nitrogens with zero attached hydrogens (tertiary/aromatic N) is 2. The quantitative estimate of drug-likeness (QED) is 0.464. The zero-order valence-corrected chi connectivity index (χ0v) is 18.8. The van der Waals surface area contributed by atoms with Crippen LogP contribution in [0.3, 0.4) is 0 Å². The summed E-state index contributed by atoms with van der Waals surface area (Å²) in [5.74, 6) is -1.82. The highest BCUT2D eigenvalue weighted by Crippen LogP contribution is 2.53. The zero-order chi connectivity index (χ0) is 22.6. The molecule has 2 heterocycles. The minimum absolute atomic E-state index is 0.0726. The number of hydrogen-bond acceptors (Lipinski definition) is 6. The molecule has 2 aliphatic heterocycles. The number of fused-ring (bicyclic) bond motifs is 3. The van der Waals surface area contributed by atoms with E-state index in [0.717, 1.165) is 24.1 Å². The number of para-hydroxylation sites is 1. The van der Waals surface area contributed by atoms with Crippen LogP contribution in [-0.4, -0.2) is 68.4 Å². The van der Waals surface area contributed by atoms with Crippen molar-refractivity contribution in [3.8, 4) is 0 Å². The van der Waals surface area contributed by atoms with E-state index in [4.69, 9.17) is 14.2 Å². The van der Waals surface area contributed by atoms with Crippen molar-refractivity contribution in [3.05, 3.63) is 29.8 Å². The van der Waals surface area contributed by atoms with Crippen molar-refractivity contribution in [2.24, 2.45) is 5.92 Å². The first-order valence-corrected chi connectivity index (χ1v) is 10.9. The van der Waals surface area contributed by atoms with Gasteiger partial charge in [0.05, 0.1) is 25.7 Å². The standard InChI is InChI=1S/C23H32N2O6/c1-5-7-13-31-22(28)25-15-17(20(26)30-6-2)19-16-10-8-9-11-18(16)24(12-14-29-4)21(27)23(19,25)3/h8-11,17,19H,5-7,12-15H2,1-4H3/t17-,19+,23-/m0/s1. The Morgan fingerprint density at radius 2 is 1.90 bits per heavy atom. The topological polar surface area (TPSA) is 85.4 Å². The predicted molar refractivity (Wildman–Crippen MR) is 115 cm³/mol. The van der Waals surface area contributed by atoms with Crippen LogP contribution in [0.2, 0.25) is 0 Å². The molecular formula is C23H32N2O6. The van der Waals surface area contributed by atoms with E-state index >= 15 is 0 Å². The largest absolute Gasteiger partial charge is 0.466 e. The summed E-state index contributed by atoms with van der Waals surface area (Å²) in [5.41, 5.74) is 0.327. The molecule has 31 heavy (non-hydrogen) atoms. The molecule has 3 atom stereocenters. The Labute approximate surface area is 183 Å². The van der Waals surface area contributed by atoms with Gasteiger partial charge < -0.3 is 19.1 Å². The maximum atomic E-state index is 13.8. The third-order valence-corrected chi connectivity index (χ3v) is 6.24. The summed E-state index contributed by atoms with van der Waals surface area (Å²) in [5, 5.41) is 0. The number of benzene rings is 1. The van der Waals surface area contributed by atoms with Gasteiger partial charge in [0.1, 0.15) is 5.54 Å². The van der Waals surface area contributed by atoms with Crippen LogP contribution in [0.5, 0.6) is 0 Å². The SMILES string of the molecule is CCCCOC(=O)N1C[C@H](C(=O)OCC)[C@H]2c3ccccc3N(CCOC)C(=O)[C@]21C. The molecule has 8 heteroatoms. The average Bonchev–Trinajstić information content (AvgIpc) is 3.09. The van der Waals surface area contributed by atoms with E-state index in [1.807, 2.05) is 31.2 Å². The Morgan fingerprint density at radius 3 is 2.58 bits per heavy atom. The van der Waals surface area contributed by atoms with E-state index in [9.17, 15) is 14.4 Å². The molecule has 1 fully saturated rings. The lowest BCUT2D eigenvalue weighted by Crippen LogP contribution is -2.62. The lowest BCUT2D eigenvalue weighted by molar-refractivity contribution is -0.148. The molecule has 0 spiro atoms. The zero-order valence-electron chi connectivity index (χ0n) is 18.8. The number of carbonyl (C=O) groups is 3. The molecule has 0 unspecified atom stereocenters. The molecular weight excluding hydrogens is 400 g/mol. The number of unbranched alkanes of at least 4 members (excludes halogenated alkanes) is 1. The average molecular weight is 433 g/mol. The van der Waals surface area contributed by atoms with E-state index in [0.29, 0.717) is 13.2 Å². The summed E-state index contributed by atoms with van der Waals surface area (Å²) >= 11 is 0. The molecule has 0 saturated carbocycles. The lowest BCUT2D eigenvalue weighted by atomic mass is 9.72. The molecule has 170 valence electrons. The maximum Gasteiger partial charge on any atom is 0.410 e. The third-order valence-electron chi connectivity index (χ3n) is 6.24. The van der Waals surface area contributed by atoms with Crippen molar-refractivity contribution in [2.75, 3.05) is 44.9 Å². The Kier molecular flexibility index (Phi) is 7.20. The van der Waals surface area contributed by atoms with Gasteiger partial charge in [-0.25, -0.2) is 4.79 Å².